The first kappa shape index (κ1) is 23.5. The Kier molecular flexibility index (Phi) is 6.53. The van der Waals surface area contributed by atoms with Crippen LogP contribution in [0.15, 0.2) is 63.6 Å². The number of aromatic hydroxyl groups is 1. The van der Waals surface area contributed by atoms with E-state index < -0.39 is 29.3 Å². The molecule has 0 spiro atoms. The molecule has 2 aromatic carbocycles. The molecule has 1 atom stereocenters. The molecule has 2 amide bonds. The number of hydrogen-bond donors (Lipinski definition) is 2. The summed E-state index contributed by atoms with van der Waals surface area (Å²) in [6.07, 6.45) is 0.520. The third-order valence-electron chi connectivity index (χ3n) is 5.74. The molecule has 0 saturated heterocycles. The second kappa shape index (κ2) is 9.70. The number of carbonyl (C=O) groups is 2. The maximum atomic E-state index is 13.4. The zero-order valence-electron chi connectivity index (χ0n) is 19.0. The zero-order chi connectivity index (χ0) is 25.1. The van der Waals surface area contributed by atoms with Gasteiger partial charge >= 0.3 is 0 Å². The average Bonchev–Trinajstić information content (AvgIpc) is 3.11. The minimum Gasteiger partial charge on any atom is -0.494 e. The van der Waals surface area contributed by atoms with Gasteiger partial charge in [-0.15, -0.1) is 10.2 Å². The van der Waals surface area contributed by atoms with Gasteiger partial charge in [-0.25, -0.2) is 0 Å². The third kappa shape index (κ3) is 4.09. The number of nitriles is 1. The fourth-order valence-corrected chi connectivity index (χ4v) is 4.14. The Morgan fingerprint density at radius 3 is 2.49 bits per heavy atom. The number of aromatic amines is 1. The number of azo groups is 1. The number of carbonyl (C=O) groups excluding carboxylic acids is 2. The molecule has 176 valence electrons. The average molecular weight is 471 g/mol. The maximum Gasteiger partial charge on any atom is 0.278 e. The summed E-state index contributed by atoms with van der Waals surface area (Å²) in [5.41, 5.74) is 0.00996. The molecule has 0 fully saturated rings. The van der Waals surface area contributed by atoms with Crippen LogP contribution >= 0.6 is 0 Å². The van der Waals surface area contributed by atoms with Crippen LogP contribution in [-0.2, 0) is 11.3 Å². The van der Waals surface area contributed by atoms with Crippen molar-refractivity contribution in [1.82, 2.24) is 9.88 Å². The number of nitrogens with zero attached hydrogens (tertiary/aromatic N) is 4. The van der Waals surface area contributed by atoms with Crippen LogP contribution in [0.25, 0.3) is 0 Å². The number of benzene rings is 2. The first-order chi connectivity index (χ1) is 16.9. The van der Waals surface area contributed by atoms with Crippen molar-refractivity contribution in [2.75, 3.05) is 7.11 Å². The second-order valence-electron chi connectivity index (χ2n) is 7.76. The molecule has 2 N–H and O–H groups in total. The summed E-state index contributed by atoms with van der Waals surface area (Å²) in [5, 5.41) is 27.4. The molecular weight excluding hydrogens is 450 g/mol. The second-order valence-corrected chi connectivity index (χ2v) is 7.76. The lowest BCUT2D eigenvalue weighted by atomic mass is 10.0. The van der Waals surface area contributed by atoms with Crippen molar-refractivity contribution < 1.29 is 19.4 Å². The van der Waals surface area contributed by atoms with E-state index >= 15 is 0 Å². The summed E-state index contributed by atoms with van der Waals surface area (Å²) in [6, 6.07) is 15.2. The number of H-pyrrole nitrogens is 1. The van der Waals surface area contributed by atoms with E-state index in [0.717, 1.165) is 5.56 Å². The van der Waals surface area contributed by atoms with E-state index in [1.54, 1.807) is 18.2 Å². The molecule has 10 nitrogen and oxygen atoms in total. The van der Waals surface area contributed by atoms with E-state index in [1.807, 2.05) is 37.3 Å². The Bertz CT molecular complexity index is 1440. The van der Waals surface area contributed by atoms with Gasteiger partial charge in [-0.1, -0.05) is 43.3 Å². The Balaban J connectivity index is 1.78. The quantitative estimate of drug-likeness (QED) is 0.388. The van der Waals surface area contributed by atoms with Crippen LogP contribution in [0.2, 0.25) is 0 Å². The highest BCUT2D eigenvalue weighted by atomic mass is 16.5. The van der Waals surface area contributed by atoms with Crippen LogP contribution in [0.4, 0.5) is 11.4 Å². The predicted octanol–water partition coefficient (Wildman–Crippen LogP) is 4.26. The smallest absolute Gasteiger partial charge is 0.278 e. The first-order valence-corrected chi connectivity index (χ1v) is 10.8. The number of amides is 2. The number of imide groups is 1. The number of methoxy groups -OCH3 is 1. The molecule has 2 heterocycles. The lowest BCUT2D eigenvalue weighted by Gasteiger charge is -2.25. The largest absolute Gasteiger partial charge is 0.494 e. The van der Waals surface area contributed by atoms with Crippen molar-refractivity contribution in [2.24, 2.45) is 10.2 Å². The summed E-state index contributed by atoms with van der Waals surface area (Å²) in [5.74, 6) is -1.55. The fraction of sp³-hybridized carbons (Fsp3) is 0.200. The van der Waals surface area contributed by atoms with Gasteiger partial charge in [0.1, 0.15) is 11.6 Å². The fourth-order valence-electron chi connectivity index (χ4n) is 4.14. The molecule has 4 rings (SSSR count). The number of fused-ring (bicyclic) bond motifs is 1. The minimum absolute atomic E-state index is 0.0479. The summed E-state index contributed by atoms with van der Waals surface area (Å²) >= 11 is 0. The lowest BCUT2D eigenvalue weighted by Crippen LogP contribution is -2.33. The third-order valence-corrected chi connectivity index (χ3v) is 5.74. The van der Waals surface area contributed by atoms with Crippen molar-refractivity contribution in [3.63, 3.8) is 0 Å². The van der Waals surface area contributed by atoms with E-state index in [-0.39, 0.29) is 40.2 Å². The monoisotopic (exact) mass is 471 g/mol. The van der Waals surface area contributed by atoms with Crippen molar-refractivity contribution in [2.45, 2.75) is 26.0 Å². The van der Waals surface area contributed by atoms with Gasteiger partial charge in [0.25, 0.3) is 17.4 Å². The molecule has 3 aromatic rings. The molecule has 1 unspecified atom stereocenters. The number of aromatic nitrogens is 1. The SMILES string of the molecule is CCC(c1ccccc1)N1C(=O)c2cccc(N=Nc3c(COC)c(C#N)c(O)[nH]c3=O)c2C1=O. The molecule has 35 heavy (non-hydrogen) atoms. The maximum absolute atomic E-state index is 13.4. The molecule has 0 aliphatic carbocycles. The summed E-state index contributed by atoms with van der Waals surface area (Å²) in [4.78, 5) is 42.5. The van der Waals surface area contributed by atoms with E-state index in [2.05, 4.69) is 15.2 Å². The van der Waals surface area contributed by atoms with Gasteiger partial charge in [-0.05, 0) is 24.1 Å². The van der Waals surface area contributed by atoms with Gasteiger partial charge in [-0.2, -0.15) is 5.26 Å². The van der Waals surface area contributed by atoms with Crippen molar-refractivity contribution >= 4 is 23.2 Å². The highest BCUT2D eigenvalue weighted by molar-refractivity contribution is 6.23. The van der Waals surface area contributed by atoms with Gasteiger partial charge in [0, 0.05) is 12.7 Å². The van der Waals surface area contributed by atoms with Crippen LogP contribution in [0.3, 0.4) is 0 Å². The molecule has 0 bridgehead atoms. The number of ether oxygens (including phenoxy) is 1. The van der Waals surface area contributed by atoms with E-state index in [9.17, 15) is 24.8 Å². The molecule has 0 saturated carbocycles. The molecule has 1 aromatic heterocycles. The standard InChI is InChI=1S/C25H21N5O5/c1-3-19(14-8-5-4-6-9-14)30-24(33)15-10-7-11-18(20(15)25(30)34)28-29-21-17(13-35-2)16(12-26)22(31)27-23(21)32/h4-11,19H,3,13H2,1-2H3,(H2,27,31,32). The van der Waals surface area contributed by atoms with Crippen molar-refractivity contribution in [3.05, 3.63) is 86.7 Å². The molecule has 1 aliphatic rings. The van der Waals surface area contributed by atoms with Crippen LogP contribution in [-0.4, -0.2) is 33.9 Å². The molecular formula is C25H21N5O5. The summed E-state index contributed by atoms with van der Waals surface area (Å²) < 4.78 is 5.05. The topological polar surface area (TPSA) is 148 Å². The van der Waals surface area contributed by atoms with Crippen LogP contribution in [0.5, 0.6) is 5.88 Å². The van der Waals surface area contributed by atoms with Crippen LogP contribution in [0, 0.1) is 11.3 Å². The number of hydrogen-bond acceptors (Lipinski definition) is 8. The predicted molar refractivity (Wildman–Crippen MR) is 125 cm³/mol. The highest BCUT2D eigenvalue weighted by Crippen LogP contribution is 2.38. The van der Waals surface area contributed by atoms with Gasteiger partial charge < -0.3 is 9.84 Å². The Morgan fingerprint density at radius 1 is 1.09 bits per heavy atom. The number of rotatable bonds is 7. The normalized spacial score (nSPS) is 13.8. The van der Waals surface area contributed by atoms with E-state index in [4.69, 9.17) is 4.74 Å². The number of nitrogens with one attached hydrogen (secondary N) is 1. The Hall–Kier alpha value is -4.62. The molecule has 1 aliphatic heterocycles. The molecule has 10 heteroatoms. The first-order valence-electron chi connectivity index (χ1n) is 10.8. The van der Waals surface area contributed by atoms with Crippen molar-refractivity contribution in [1.29, 1.82) is 5.26 Å². The van der Waals surface area contributed by atoms with Crippen LogP contribution < -0.4 is 5.56 Å². The van der Waals surface area contributed by atoms with Crippen molar-refractivity contribution in [3.8, 4) is 11.9 Å². The van der Waals surface area contributed by atoms with Gasteiger partial charge in [-0.3, -0.25) is 24.3 Å². The molecule has 0 radical (unpaired) electrons. The Labute approximate surface area is 200 Å². The highest BCUT2D eigenvalue weighted by Gasteiger charge is 2.41. The lowest BCUT2D eigenvalue weighted by molar-refractivity contribution is 0.0578. The summed E-state index contributed by atoms with van der Waals surface area (Å²) in [7, 11) is 1.36. The van der Waals surface area contributed by atoms with Gasteiger partial charge in [0.15, 0.2) is 5.69 Å². The van der Waals surface area contributed by atoms with Crippen LogP contribution in [0.1, 0.15) is 56.8 Å². The zero-order valence-corrected chi connectivity index (χ0v) is 19.0. The Morgan fingerprint density at radius 2 is 1.83 bits per heavy atom. The van der Waals surface area contributed by atoms with E-state index in [0.29, 0.717) is 6.42 Å². The summed E-state index contributed by atoms with van der Waals surface area (Å²) in [6.45, 7) is 1.71. The minimum atomic E-state index is -0.788. The van der Waals surface area contributed by atoms with Gasteiger partial charge in [0.05, 0.1) is 29.5 Å². The van der Waals surface area contributed by atoms with E-state index in [1.165, 1.54) is 18.1 Å². The van der Waals surface area contributed by atoms with Gasteiger partial charge in [0.2, 0.25) is 5.88 Å². The number of pyridine rings is 1.